The first-order chi connectivity index (χ1) is 8.80. The van der Waals surface area contributed by atoms with Gasteiger partial charge in [-0.2, -0.15) is 0 Å². The van der Waals surface area contributed by atoms with Crippen molar-refractivity contribution in [2.75, 3.05) is 44.6 Å². The van der Waals surface area contributed by atoms with Gasteiger partial charge in [0.15, 0.2) is 0 Å². The maximum atomic E-state index is 3.55. The van der Waals surface area contributed by atoms with Crippen molar-refractivity contribution in [3.63, 3.8) is 0 Å². The Kier molecular flexibility index (Phi) is 9.34. The highest BCUT2D eigenvalue weighted by Crippen LogP contribution is 2.15. The first-order valence-corrected chi connectivity index (χ1v) is 8.93. The van der Waals surface area contributed by atoms with Crippen molar-refractivity contribution >= 4 is 15.9 Å². The number of unbranched alkanes of at least 4 members (excludes halogenated alkanes) is 1. The van der Waals surface area contributed by atoms with Gasteiger partial charge in [0.25, 0.3) is 0 Å². The summed E-state index contributed by atoms with van der Waals surface area (Å²) in [5.74, 6) is 0.924. The van der Waals surface area contributed by atoms with Crippen LogP contribution in [0.3, 0.4) is 0 Å². The Labute approximate surface area is 122 Å². The van der Waals surface area contributed by atoms with E-state index >= 15 is 0 Å². The molecule has 0 aromatic carbocycles. The lowest BCUT2D eigenvalue weighted by atomic mass is 9.98. The van der Waals surface area contributed by atoms with Gasteiger partial charge < -0.3 is 9.80 Å². The fourth-order valence-corrected chi connectivity index (χ4v) is 3.33. The summed E-state index contributed by atoms with van der Waals surface area (Å²) in [5, 5.41) is 1.11. The van der Waals surface area contributed by atoms with E-state index < -0.39 is 0 Å². The maximum absolute atomic E-state index is 3.55. The standard InChI is InChI=1S/C15H31BrN2/c1-3-5-7-15(4-2)14-18-10-6-9-17(11-8-16)12-13-18/h15H,3-14H2,1-2H3. The Morgan fingerprint density at radius 3 is 2.44 bits per heavy atom. The highest BCUT2D eigenvalue weighted by atomic mass is 79.9. The van der Waals surface area contributed by atoms with Crippen molar-refractivity contribution in [2.45, 2.75) is 46.0 Å². The summed E-state index contributed by atoms with van der Waals surface area (Å²) in [4.78, 5) is 5.31. The predicted octanol–water partition coefficient (Wildman–Crippen LogP) is 3.61. The minimum Gasteiger partial charge on any atom is -0.302 e. The molecule has 0 aromatic heterocycles. The molecule has 0 amide bonds. The molecule has 1 unspecified atom stereocenters. The molecule has 0 N–H and O–H groups in total. The van der Waals surface area contributed by atoms with Gasteiger partial charge in [0.1, 0.15) is 0 Å². The zero-order valence-electron chi connectivity index (χ0n) is 12.3. The minimum atomic E-state index is 0.924. The lowest BCUT2D eigenvalue weighted by Gasteiger charge is -2.26. The van der Waals surface area contributed by atoms with Crippen molar-refractivity contribution in [3.8, 4) is 0 Å². The molecule has 0 spiro atoms. The molecule has 0 aromatic rings. The lowest BCUT2D eigenvalue weighted by molar-refractivity contribution is 0.220. The minimum absolute atomic E-state index is 0.924. The van der Waals surface area contributed by atoms with Crippen LogP contribution < -0.4 is 0 Å². The number of alkyl halides is 1. The number of hydrogen-bond acceptors (Lipinski definition) is 2. The van der Waals surface area contributed by atoms with Gasteiger partial charge in [0.2, 0.25) is 0 Å². The van der Waals surface area contributed by atoms with Gasteiger partial charge in [0, 0.05) is 31.5 Å². The number of nitrogens with zero attached hydrogens (tertiary/aromatic N) is 2. The van der Waals surface area contributed by atoms with Crippen LogP contribution in [-0.2, 0) is 0 Å². The summed E-state index contributed by atoms with van der Waals surface area (Å²) in [7, 11) is 0. The van der Waals surface area contributed by atoms with Gasteiger partial charge in [-0.25, -0.2) is 0 Å². The zero-order valence-corrected chi connectivity index (χ0v) is 13.9. The van der Waals surface area contributed by atoms with Crippen molar-refractivity contribution in [1.29, 1.82) is 0 Å². The molecule has 1 saturated heterocycles. The molecule has 1 aliphatic rings. The van der Waals surface area contributed by atoms with E-state index in [1.807, 2.05) is 0 Å². The first-order valence-electron chi connectivity index (χ1n) is 7.80. The molecule has 1 heterocycles. The Morgan fingerprint density at radius 2 is 1.78 bits per heavy atom. The van der Waals surface area contributed by atoms with Crippen LogP contribution in [-0.4, -0.2) is 54.4 Å². The molecule has 108 valence electrons. The van der Waals surface area contributed by atoms with Gasteiger partial charge in [0.05, 0.1) is 0 Å². The Morgan fingerprint density at radius 1 is 1.06 bits per heavy atom. The van der Waals surface area contributed by atoms with Gasteiger partial charge >= 0.3 is 0 Å². The van der Waals surface area contributed by atoms with E-state index in [1.165, 1.54) is 71.4 Å². The highest BCUT2D eigenvalue weighted by Gasteiger charge is 2.17. The van der Waals surface area contributed by atoms with Crippen LogP contribution in [0.15, 0.2) is 0 Å². The van der Waals surface area contributed by atoms with Crippen LogP contribution in [0, 0.1) is 5.92 Å². The third-order valence-corrected chi connectivity index (χ3v) is 4.50. The predicted molar refractivity (Wildman–Crippen MR) is 84.6 cm³/mol. The van der Waals surface area contributed by atoms with Crippen molar-refractivity contribution in [3.05, 3.63) is 0 Å². The Bertz CT molecular complexity index is 199. The number of halogens is 1. The first kappa shape index (κ1) is 16.5. The fraction of sp³-hybridized carbons (Fsp3) is 1.00. The van der Waals surface area contributed by atoms with Gasteiger partial charge in [-0.05, 0) is 31.8 Å². The summed E-state index contributed by atoms with van der Waals surface area (Å²) < 4.78 is 0. The van der Waals surface area contributed by atoms with E-state index in [0.717, 1.165) is 11.2 Å². The molecule has 1 fully saturated rings. The van der Waals surface area contributed by atoms with Crippen molar-refractivity contribution in [1.82, 2.24) is 9.80 Å². The van der Waals surface area contributed by atoms with Crippen molar-refractivity contribution < 1.29 is 0 Å². The van der Waals surface area contributed by atoms with Gasteiger partial charge in [-0.3, -0.25) is 0 Å². The summed E-state index contributed by atoms with van der Waals surface area (Å²) in [6.45, 7) is 12.3. The summed E-state index contributed by atoms with van der Waals surface area (Å²) in [5.41, 5.74) is 0. The van der Waals surface area contributed by atoms with E-state index in [4.69, 9.17) is 0 Å². The monoisotopic (exact) mass is 318 g/mol. The molecular weight excluding hydrogens is 288 g/mol. The smallest absolute Gasteiger partial charge is 0.0159 e. The fourth-order valence-electron chi connectivity index (χ4n) is 2.83. The molecule has 2 nitrogen and oxygen atoms in total. The summed E-state index contributed by atoms with van der Waals surface area (Å²) in [6.07, 6.45) is 6.87. The zero-order chi connectivity index (χ0) is 13.2. The van der Waals surface area contributed by atoms with Crippen molar-refractivity contribution in [2.24, 2.45) is 5.92 Å². The average Bonchev–Trinajstić information content (AvgIpc) is 2.60. The highest BCUT2D eigenvalue weighted by molar-refractivity contribution is 9.09. The third-order valence-electron chi connectivity index (χ3n) is 4.14. The Hall–Kier alpha value is 0.400. The molecule has 3 heteroatoms. The second-order valence-corrected chi connectivity index (χ2v) is 6.39. The van der Waals surface area contributed by atoms with Crippen LogP contribution in [0.2, 0.25) is 0 Å². The molecule has 0 bridgehead atoms. The van der Waals surface area contributed by atoms with E-state index in [2.05, 4.69) is 39.6 Å². The molecular formula is C15H31BrN2. The van der Waals surface area contributed by atoms with Gasteiger partial charge in [-0.1, -0.05) is 49.0 Å². The van der Waals surface area contributed by atoms with E-state index in [9.17, 15) is 0 Å². The molecule has 1 rings (SSSR count). The van der Waals surface area contributed by atoms with Crippen LogP contribution in [0.5, 0.6) is 0 Å². The SMILES string of the molecule is CCCCC(CC)CN1CCCN(CCBr)CC1. The maximum Gasteiger partial charge on any atom is 0.0159 e. The van der Waals surface area contributed by atoms with E-state index in [-0.39, 0.29) is 0 Å². The topological polar surface area (TPSA) is 6.48 Å². The van der Waals surface area contributed by atoms with Crippen LogP contribution in [0.4, 0.5) is 0 Å². The number of hydrogen-bond donors (Lipinski definition) is 0. The van der Waals surface area contributed by atoms with Crippen LogP contribution in [0.25, 0.3) is 0 Å². The quantitative estimate of drug-likeness (QED) is 0.631. The van der Waals surface area contributed by atoms with E-state index in [1.54, 1.807) is 0 Å². The molecule has 1 aliphatic heterocycles. The molecule has 1 atom stereocenters. The Balaban J connectivity index is 2.28. The lowest BCUT2D eigenvalue weighted by Crippen LogP contribution is -2.34. The van der Waals surface area contributed by atoms with E-state index in [0.29, 0.717) is 0 Å². The molecule has 0 saturated carbocycles. The molecule has 18 heavy (non-hydrogen) atoms. The summed E-state index contributed by atoms with van der Waals surface area (Å²) >= 11 is 3.55. The van der Waals surface area contributed by atoms with Gasteiger partial charge in [-0.15, -0.1) is 0 Å². The molecule has 0 aliphatic carbocycles. The third kappa shape index (κ3) is 6.53. The number of rotatable bonds is 8. The van der Waals surface area contributed by atoms with Crippen LogP contribution >= 0.6 is 15.9 Å². The molecule has 0 radical (unpaired) electrons. The average molecular weight is 319 g/mol. The summed E-state index contributed by atoms with van der Waals surface area (Å²) in [6, 6.07) is 0. The second-order valence-electron chi connectivity index (χ2n) is 5.60. The second kappa shape index (κ2) is 10.2. The normalized spacial score (nSPS) is 20.8. The largest absolute Gasteiger partial charge is 0.302 e. The van der Waals surface area contributed by atoms with Crippen LogP contribution in [0.1, 0.15) is 46.0 Å².